The average molecular weight is 228 g/mol. The number of aromatic nitrogens is 2. The van der Waals surface area contributed by atoms with Crippen LogP contribution in [0.2, 0.25) is 0 Å². The van der Waals surface area contributed by atoms with Crippen molar-refractivity contribution in [1.82, 2.24) is 9.55 Å². The van der Waals surface area contributed by atoms with Crippen molar-refractivity contribution in [1.29, 1.82) is 0 Å². The summed E-state index contributed by atoms with van der Waals surface area (Å²) in [5.74, 6) is 0.724. The van der Waals surface area contributed by atoms with Crippen molar-refractivity contribution >= 4 is 0 Å². The zero-order valence-corrected chi connectivity index (χ0v) is 10.6. The van der Waals surface area contributed by atoms with Gasteiger partial charge in [-0.15, -0.1) is 0 Å². The zero-order chi connectivity index (χ0) is 12.6. The van der Waals surface area contributed by atoms with Crippen molar-refractivity contribution in [3.63, 3.8) is 0 Å². The summed E-state index contributed by atoms with van der Waals surface area (Å²) >= 11 is 0. The van der Waals surface area contributed by atoms with E-state index < -0.39 is 0 Å². The quantitative estimate of drug-likeness (QED) is 0.751. The summed E-state index contributed by atoms with van der Waals surface area (Å²) in [4.78, 5) is 16.5. The Kier molecular flexibility index (Phi) is 2.84. The van der Waals surface area contributed by atoms with Crippen LogP contribution in [0.4, 0.5) is 0 Å². The first-order valence-electron chi connectivity index (χ1n) is 5.62. The molecule has 0 aliphatic heterocycles. The average Bonchev–Trinajstić information content (AvgIpc) is 2.31. The Morgan fingerprint density at radius 2 is 1.88 bits per heavy atom. The largest absolute Gasteiger partial charge is 0.296 e. The van der Waals surface area contributed by atoms with Crippen molar-refractivity contribution in [2.24, 2.45) is 7.05 Å². The predicted octanol–water partition coefficient (Wildman–Crippen LogP) is 2.37. The maximum Gasteiger partial charge on any atom is 0.256 e. The molecule has 3 nitrogen and oxygen atoms in total. The number of nitrogens with zero attached hydrogens (tertiary/aromatic N) is 2. The van der Waals surface area contributed by atoms with Gasteiger partial charge in [0.15, 0.2) is 0 Å². The molecule has 0 saturated heterocycles. The molecule has 2 rings (SSSR count). The second kappa shape index (κ2) is 4.17. The third-order valence-electron chi connectivity index (χ3n) is 3.04. The third kappa shape index (κ3) is 2.00. The Bertz CT molecular complexity index is 627. The molecule has 0 radical (unpaired) electrons. The molecule has 0 aliphatic rings. The fourth-order valence-electron chi connectivity index (χ4n) is 1.86. The van der Waals surface area contributed by atoms with Gasteiger partial charge in [0.05, 0.1) is 0 Å². The second-order valence-corrected chi connectivity index (χ2v) is 4.38. The highest BCUT2D eigenvalue weighted by Gasteiger charge is 2.09. The van der Waals surface area contributed by atoms with Crippen molar-refractivity contribution in [3.8, 4) is 11.4 Å². The fourth-order valence-corrected chi connectivity index (χ4v) is 1.86. The van der Waals surface area contributed by atoms with Gasteiger partial charge in [-0.1, -0.05) is 23.8 Å². The molecule has 0 saturated carbocycles. The molecule has 0 unspecified atom stereocenters. The zero-order valence-electron chi connectivity index (χ0n) is 10.6. The van der Waals surface area contributed by atoms with E-state index in [4.69, 9.17) is 0 Å². The molecule has 0 aliphatic carbocycles. The van der Waals surface area contributed by atoms with E-state index in [0.717, 1.165) is 22.6 Å². The summed E-state index contributed by atoms with van der Waals surface area (Å²) in [5.41, 5.74) is 3.67. The van der Waals surface area contributed by atoms with Crippen LogP contribution < -0.4 is 5.56 Å². The second-order valence-electron chi connectivity index (χ2n) is 4.38. The number of hydrogen-bond donors (Lipinski definition) is 0. The Balaban J connectivity index is 2.73. The van der Waals surface area contributed by atoms with Crippen LogP contribution in [-0.4, -0.2) is 9.55 Å². The molecule has 1 aromatic carbocycles. The van der Waals surface area contributed by atoms with Gasteiger partial charge in [0.2, 0.25) is 0 Å². The summed E-state index contributed by atoms with van der Waals surface area (Å²) in [7, 11) is 1.76. The van der Waals surface area contributed by atoms with E-state index in [2.05, 4.69) is 4.98 Å². The van der Waals surface area contributed by atoms with Crippen molar-refractivity contribution in [2.75, 3.05) is 0 Å². The van der Waals surface area contributed by atoms with Gasteiger partial charge in [-0.05, 0) is 26.8 Å². The first-order chi connectivity index (χ1) is 8.00. The number of hydrogen-bond acceptors (Lipinski definition) is 2. The molecule has 2 aromatic rings. The molecule has 3 heteroatoms. The lowest BCUT2D eigenvalue weighted by atomic mass is 10.1. The van der Waals surface area contributed by atoms with Gasteiger partial charge in [0, 0.05) is 23.9 Å². The molecule has 1 heterocycles. The van der Waals surface area contributed by atoms with Gasteiger partial charge >= 0.3 is 0 Å². The normalized spacial score (nSPS) is 10.6. The van der Waals surface area contributed by atoms with E-state index in [1.807, 2.05) is 45.0 Å². The molecule has 0 amide bonds. The lowest BCUT2D eigenvalue weighted by molar-refractivity contribution is 0.812. The van der Waals surface area contributed by atoms with Crippen molar-refractivity contribution in [2.45, 2.75) is 20.8 Å². The van der Waals surface area contributed by atoms with Crippen LogP contribution in [0.15, 0.2) is 29.1 Å². The lowest BCUT2D eigenvalue weighted by Crippen LogP contribution is -2.23. The van der Waals surface area contributed by atoms with Gasteiger partial charge in [0.25, 0.3) is 5.56 Å². The van der Waals surface area contributed by atoms with Crippen molar-refractivity contribution in [3.05, 3.63) is 51.4 Å². The summed E-state index contributed by atoms with van der Waals surface area (Å²) in [6.07, 6.45) is 0. The van der Waals surface area contributed by atoms with E-state index in [-0.39, 0.29) is 5.56 Å². The van der Waals surface area contributed by atoms with Gasteiger partial charge in [-0.2, -0.15) is 0 Å². The van der Waals surface area contributed by atoms with E-state index in [1.54, 1.807) is 11.6 Å². The Labute approximate surface area is 101 Å². The molecule has 0 fully saturated rings. The van der Waals surface area contributed by atoms with Gasteiger partial charge in [-0.3, -0.25) is 9.36 Å². The van der Waals surface area contributed by atoms with Crippen LogP contribution in [0.5, 0.6) is 0 Å². The van der Waals surface area contributed by atoms with Crippen molar-refractivity contribution < 1.29 is 0 Å². The van der Waals surface area contributed by atoms with E-state index in [1.165, 1.54) is 0 Å². The standard InChI is InChI=1S/C14H16N2O/c1-9-6-5-7-12(8-9)13-15-11(3)10(2)14(17)16(13)4/h5-8H,1-4H3. The number of aryl methyl sites for hydroxylation is 2. The molecule has 88 valence electrons. The van der Waals surface area contributed by atoms with Gasteiger partial charge in [0.1, 0.15) is 5.82 Å². The van der Waals surface area contributed by atoms with E-state index >= 15 is 0 Å². The Hall–Kier alpha value is -1.90. The van der Waals surface area contributed by atoms with Crippen LogP contribution in [-0.2, 0) is 7.05 Å². The highest BCUT2D eigenvalue weighted by atomic mass is 16.1. The summed E-state index contributed by atoms with van der Waals surface area (Å²) in [5, 5.41) is 0. The van der Waals surface area contributed by atoms with Crippen LogP contribution in [0.25, 0.3) is 11.4 Å². The maximum atomic E-state index is 12.0. The predicted molar refractivity (Wildman–Crippen MR) is 69.1 cm³/mol. The highest BCUT2D eigenvalue weighted by molar-refractivity contribution is 5.56. The first-order valence-corrected chi connectivity index (χ1v) is 5.62. The minimum atomic E-state index is 0.0222. The molecule has 1 aromatic heterocycles. The van der Waals surface area contributed by atoms with Crippen LogP contribution >= 0.6 is 0 Å². The van der Waals surface area contributed by atoms with E-state index in [0.29, 0.717) is 5.56 Å². The fraction of sp³-hybridized carbons (Fsp3) is 0.286. The van der Waals surface area contributed by atoms with Crippen LogP contribution in [0.1, 0.15) is 16.8 Å². The van der Waals surface area contributed by atoms with Gasteiger partial charge < -0.3 is 0 Å². The highest BCUT2D eigenvalue weighted by Crippen LogP contribution is 2.17. The van der Waals surface area contributed by atoms with E-state index in [9.17, 15) is 4.79 Å². The van der Waals surface area contributed by atoms with Crippen LogP contribution in [0, 0.1) is 20.8 Å². The minimum Gasteiger partial charge on any atom is -0.296 e. The number of rotatable bonds is 1. The molecular weight excluding hydrogens is 212 g/mol. The lowest BCUT2D eigenvalue weighted by Gasteiger charge is -2.10. The topological polar surface area (TPSA) is 34.9 Å². The molecule has 0 spiro atoms. The Morgan fingerprint density at radius 3 is 2.53 bits per heavy atom. The monoisotopic (exact) mass is 228 g/mol. The maximum absolute atomic E-state index is 12.0. The molecule has 0 bridgehead atoms. The SMILES string of the molecule is Cc1cccc(-c2nc(C)c(C)c(=O)n2C)c1. The smallest absolute Gasteiger partial charge is 0.256 e. The summed E-state index contributed by atoms with van der Waals surface area (Å²) in [6.45, 7) is 5.71. The molecule has 17 heavy (non-hydrogen) atoms. The first kappa shape index (κ1) is 11.6. The molecular formula is C14H16N2O. The van der Waals surface area contributed by atoms with Crippen LogP contribution in [0.3, 0.4) is 0 Å². The minimum absolute atomic E-state index is 0.0222. The molecule has 0 atom stereocenters. The van der Waals surface area contributed by atoms with Gasteiger partial charge in [-0.25, -0.2) is 4.98 Å². The molecule has 0 N–H and O–H groups in total. The Morgan fingerprint density at radius 1 is 1.18 bits per heavy atom. The third-order valence-corrected chi connectivity index (χ3v) is 3.04. The summed E-state index contributed by atoms with van der Waals surface area (Å²) < 4.78 is 1.61. The summed E-state index contributed by atoms with van der Waals surface area (Å²) in [6, 6.07) is 8.02. The number of benzene rings is 1.